The van der Waals surface area contributed by atoms with Crippen LogP contribution in [-0.2, 0) is 0 Å². The molecule has 1 aliphatic rings. The number of nitrogens with one attached hydrogen (secondary N) is 1. The largest absolute Gasteiger partial charge is 0.401 e. The van der Waals surface area contributed by atoms with Gasteiger partial charge in [0.2, 0.25) is 0 Å². The Kier molecular flexibility index (Phi) is 2.99. The van der Waals surface area contributed by atoms with Crippen molar-refractivity contribution < 1.29 is 26.3 Å². The molecule has 1 rings (SSSR count). The van der Waals surface area contributed by atoms with Gasteiger partial charge in [-0.25, -0.2) is 0 Å². The van der Waals surface area contributed by atoms with Crippen molar-refractivity contribution in [2.24, 2.45) is 5.92 Å². The molecule has 84 valence electrons. The van der Waals surface area contributed by atoms with Gasteiger partial charge in [0.1, 0.15) is 0 Å². The van der Waals surface area contributed by atoms with Crippen LogP contribution in [0.3, 0.4) is 0 Å². The predicted molar refractivity (Wildman–Crippen MR) is 36.6 cm³/mol. The van der Waals surface area contributed by atoms with Crippen LogP contribution in [0.1, 0.15) is 12.8 Å². The lowest BCUT2D eigenvalue weighted by Gasteiger charge is -2.27. The van der Waals surface area contributed by atoms with E-state index in [0.29, 0.717) is 6.42 Å². The molecule has 7 heteroatoms. The van der Waals surface area contributed by atoms with Crippen LogP contribution in [0, 0.1) is 5.92 Å². The van der Waals surface area contributed by atoms with Crippen molar-refractivity contribution in [1.29, 1.82) is 0 Å². The summed E-state index contributed by atoms with van der Waals surface area (Å²) in [7, 11) is 0. The van der Waals surface area contributed by atoms with Gasteiger partial charge in [-0.05, 0) is 19.4 Å². The monoisotopic (exact) mass is 221 g/mol. The van der Waals surface area contributed by atoms with E-state index in [0.717, 1.165) is 0 Å². The van der Waals surface area contributed by atoms with Crippen molar-refractivity contribution >= 4 is 0 Å². The van der Waals surface area contributed by atoms with Crippen LogP contribution in [0.25, 0.3) is 0 Å². The molecule has 1 saturated heterocycles. The van der Waals surface area contributed by atoms with Gasteiger partial charge in [-0.2, -0.15) is 26.3 Å². The van der Waals surface area contributed by atoms with Crippen molar-refractivity contribution in [3.05, 3.63) is 0 Å². The van der Waals surface area contributed by atoms with Crippen LogP contribution in [0.15, 0.2) is 0 Å². The summed E-state index contributed by atoms with van der Waals surface area (Å²) in [5.74, 6) is -3.24. The molecule has 1 fully saturated rings. The van der Waals surface area contributed by atoms with Crippen LogP contribution in [0.2, 0.25) is 0 Å². The van der Waals surface area contributed by atoms with Crippen molar-refractivity contribution in [2.45, 2.75) is 31.2 Å². The quantitative estimate of drug-likeness (QED) is 0.671. The highest BCUT2D eigenvalue weighted by molar-refractivity contribution is 4.90. The molecular weight excluding hydrogens is 212 g/mol. The summed E-state index contributed by atoms with van der Waals surface area (Å²) >= 11 is 0. The first-order chi connectivity index (χ1) is 6.23. The summed E-state index contributed by atoms with van der Waals surface area (Å²) < 4.78 is 72.6. The first-order valence-corrected chi connectivity index (χ1v) is 4.10. The van der Waals surface area contributed by atoms with Gasteiger partial charge in [-0.1, -0.05) is 0 Å². The Morgan fingerprint density at radius 2 is 1.50 bits per heavy atom. The number of hydrogen-bond donors (Lipinski definition) is 1. The van der Waals surface area contributed by atoms with E-state index in [1.807, 2.05) is 0 Å². The van der Waals surface area contributed by atoms with E-state index in [-0.39, 0.29) is 13.0 Å². The van der Waals surface area contributed by atoms with Crippen molar-refractivity contribution in [3.8, 4) is 0 Å². The first-order valence-electron chi connectivity index (χ1n) is 4.10. The Morgan fingerprint density at radius 3 is 1.79 bits per heavy atom. The average Bonchev–Trinajstić information content (AvgIpc) is 2.31. The minimum Gasteiger partial charge on any atom is -0.313 e. The molecule has 0 aromatic carbocycles. The number of alkyl halides is 6. The SMILES string of the molecule is FC(F)(F)C(C1CCCN1)C(F)(F)F. The van der Waals surface area contributed by atoms with Crippen LogP contribution >= 0.6 is 0 Å². The normalized spacial score (nSPS) is 24.6. The van der Waals surface area contributed by atoms with Gasteiger partial charge >= 0.3 is 12.4 Å². The van der Waals surface area contributed by atoms with E-state index in [1.165, 1.54) is 0 Å². The smallest absolute Gasteiger partial charge is 0.313 e. The molecule has 1 unspecified atom stereocenters. The number of halogens is 6. The van der Waals surface area contributed by atoms with E-state index >= 15 is 0 Å². The van der Waals surface area contributed by atoms with Gasteiger partial charge in [-0.15, -0.1) is 0 Å². The number of hydrogen-bond acceptors (Lipinski definition) is 1. The molecule has 1 heterocycles. The second kappa shape index (κ2) is 3.60. The molecule has 0 bridgehead atoms. The second-order valence-corrected chi connectivity index (χ2v) is 3.26. The molecule has 14 heavy (non-hydrogen) atoms. The molecule has 0 spiro atoms. The van der Waals surface area contributed by atoms with Crippen LogP contribution < -0.4 is 5.32 Å². The molecule has 0 radical (unpaired) electrons. The Bertz CT molecular complexity index is 175. The van der Waals surface area contributed by atoms with Gasteiger partial charge in [0.05, 0.1) is 0 Å². The summed E-state index contributed by atoms with van der Waals surface area (Å²) in [5, 5.41) is 2.23. The van der Waals surface area contributed by atoms with Gasteiger partial charge in [-0.3, -0.25) is 0 Å². The first kappa shape index (κ1) is 11.6. The third kappa shape index (κ3) is 2.52. The minimum atomic E-state index is -5.22. The van der Waals surface area contributed by atoms with Crippen LogP contribution in [0.4, 0.5) is 26.3 Å². The molecule has 1 N–H and O–H groups in total. The van der Waals surface area contributed by atoms with Gasteiger partial charge < -0.3 is 5.32 Å². The third-order valence-electron chi connectivity index (χ3n) is 2.21. The Morgan fingerprint density at radius 1 is 1.00 bits per heavy atom. The Balaban J connectivity index is 2.82. The van der Waals surface area contributed by atoms with E-state index in [1.54, 1.807) is 0 Å². The lowest BCUT2D eigenvalue weighted by Crippen LogP contribution is -2.48. The maximum atomic E-state index is 12.1. The van der Waals surface area contributed by atoms with E-state index in [9.17, 15) is 26.3 Å². The summed E-state index contributed by atoms with van der Waals surface area (Å²) in [6, 6.07) is -1.52. The van der Waals surface area contributed by atoms with E-state index < -0.39 is 24.3 Å². The van der Waals surface area contributed by atoms with Crippen molar-refractivity contribution in [1.82, 2.24) is 5.32 Å². The topological polar surface area (TPSA) is 12.0 Å². The maximum Gasteiger partial charge on any atom is 0.401 e. The van der Waals surface area contributed by atoms with Crippen LogP contribution in [0.5, 0.6) is 0 Å². The molecule has 0 saturated carbocycles. The fourth-order valence-corrected chi connectivity index (χ4v) is 1.64. The molecule has 0 aromatic heterocycles. The van der Waals surface area contributed by atoms with Crippen molar-refractivity contribution in [3.63, 3.8) is 0 Å². The molecule has 1 nitrogen and oxygen atoms in total. The highest BCUT2D eigenvalue weighted by Crippen LogP contribution is 2.43. The molecule has 0 amide bonds. The molecule has 1 aliphatic heterocycles. The average molecular weight is 221 g/mol. The predicted octanol–water partition coefficient (Wildman–Crippen LogP) is 2.48. The molecule has 1 atom stereocenters. The summed E-state index contributed by atoms with van der Waals surface area (Å²) in [6.07, 6.45) is -10.2. The maximum absolute atomic E-state index is 12.1. The van der Waals surface area contributed by atoms with Gasteiger partial charge in [0, 0.05) is 6.04 Å². The number of rotatable bonds is 1. The standard InChI is InChI=1S/C7H9F6N/c8-6(9,10)5(7(11,12)13)4-2-1-3-14-4/h4-5,14H,1-3H2. The molecule has 0 aliphatic carbocycles. The fourth-order valence-electron chi connectivity index (χ4n) is 1.64. The summed E-state index contributed by atoms with van der Waals surface area (Å²) in [5.41, 5.74) is 0. The van der Waals surface area contributed by atoms with Crippen LogP contribution in [-0.4, -0.2) is 24.9 Å². The third-order valence-corrected chi connectivity index (χ3v) is 2.21. The Labute approximate surface area is 76.5 Å². The fraction of sp³-hybridized carbons (Fsp3) is 1.00. The zero-order chi connectivity index (χ0) is 11.0. The Hall–Kier alpha value is -0.460. The van der Waals surface area contributed by atoms with Gasteiger partial charge in [0.15, 0.2) is 5.92 Å². The summed E-state index contributed by atoms with van der Waals surface area (Å²) in [6.45, 7) is 0.216. The highest BCUT2D eigenvalue weighted by atomic mass is 19.4. The van der Waals surface area contributed by atoms with E-state index in [2.05, 4.69) is 5.32 Å². The van der Waals surface area contributed by atoms with Gasteiger partial charge in [0.25, 0.3) is 0 Å². The van der Waals surface area contributed by atoms with E-state index in [4.69, 9.17) is 0 Å². The second-order valence-electron chi connectivity index (χ2n) is 3.26. The lowest BCUT2D eigenvalue weighted by atomic mass is 9.97. The zero-order valence-corrected chi connectivity index (χ0v) is 7.04. The minimum absolute atomic E-state index is 0.0797. The van der Waals surface area contributed by atoms with Crippen molar-refractivity contribution in [2.75, 3.05) is 6.54 Å². The lowest BCUT2D eigenvalue weighted by molar-refractivity contribution is -0.290. The highest BCUT2D eigenvalue weighted by Gasteiger charge is 2.60. The summed E-state index contributed by atoms with van der Waals surface area (Å²) in [4.78, 5) is 0. The molecular formula is C7H9F6N. The molecule has 0 aromatic rings. The zero-order valence-electron chi connectivity index (χ0n) is 7.04.